The van der Waals surface area contributed by atoms with Gasteiger partial charge in [-0.2, -0.15) is 0 Å². The molecule has 178 valence electrons. The van der Waals surface area contributed by atoms with Gasteiger partial charge in [-0.05, 0) is 36.1 Å². The van der Waals surface area contributed by atoms with Crippen LogP contribution in [0.5, 0.6) is 0 Å². The maximum absolute atomic E-state index is 12.8. The molecule has 5 heteroatoms. The summed E-state index contributed by atoms with van der Waals surface area (Å²) in [5.41, 5.74) is 2.56. The second-order valence-electron chi connectivity index (χ2n) is 9.12. The van der Waals surface area contributed by atoms with Gasteiger partial charge >= 0.3 is 0 Å². The van der Waals surface area contributed by atoms with Gasteiger partial charge in [0, 0.05) is 11.6 Å². The van der Waals surface area contributed by atoms with E-state index in [1.165, 1.54) is 44.9 Å². The number of carbonyl (C=O) groups excluding carboxylic acids is 2. The molecule has 1 unspecified atom stereocenters. The van der Waals surface area contributed by atoms with Crippen LogP contribution >= 0.6 is 0 Å². The topological polar surface area (TPSA) is 78.4 Å². The predicted octanol–water partition coefficient (Wildman–Crippen LogP) is 5.23. The quantitative estimate of drug-likeness (QED) is 0.564. The average Bonchev–Trinajstić information content (AvgIpc) is 2.84. The Bertz CT molecular complexity index is 839. The minimum absolute atomic E-state index is 0.105. The van der Waals surface area contributed by atoms with Crippen molar-refractivity contribution in [1.82, 2.24) is 10.6 Å². The molecule has 2 aromatic carbocycles. The van der Waals surface area contributed by atoms with Gasteiger partial charge in [-0.3, -0.25) is 9.59 Å². The fourth-order valence-corrected chi connectivity index (χ4v) is 4.49. The summed E-state index contributed by atoms with van der Waals surface area (Å²) in [5.74, 6) is -0.661. The van der Waals surface area contributed by atoms with Crippen molar-refractivity contribution in [2.24, 2.45) is 0 Å². The minimum Gasteiger partial charge on any atom is -0.394 e. The fourth-order valence-electron chi connectivity index (χ4n) is 4.49. The van der Waals surface area contributed by atoms with E-state index in [0.717, 1.165) is 36.8 Å². The number of benzene rings is 2. The first-order chi connectivity index (χ1) is 16.2. The molecule has 1 aliphatic carbocycles. The highest BCUT2D eigenvalue weighted by Gasteiger charge is 2.23. The summed E-state index contributed by atoms with van der Waals surface area (Å²) in [4.78, 5) is 25.5. The smallest absolute Gasteiger partial charge is 0.251 e. The lowest BCUT2D eigenvalue weighted by Crippen LogP contribution is -2.51. The van der Waals surface area contributed by atoms with E-state index in [1.807, 2.05) is 42.5 Å². The van der Waals surface area contributed by atoms with Gasteiger partial charge in [-0.25, -0.2) is 0 Å². The Morgan fingerprint density at radius 2 is 1.27 bits per heavy atom. The van der Waals surface area contributed by atoms with Crippen LogP contribution in [0.15, 0.2) is 54.6 Å². The Hall–Kier alpha value is -2.66. The first kappa shape index (κ1) is 25.0. The Labute approximate surface area is 198 Å². The van der Waals surface area contributed by atoms with Crippen molar-refractivity contribution in [3.63, 3.8) is 0 Å². The number of hydrogen-bond acceptors (Lipinski definition) is 3. The molecule has 1 fully saturated rings. The molecular formula is C28H38N2O3. The van der Waals surface area contributed by atoms with Crippen molar-refractivity contribution in [3.05, 3.63) is 60.2 Å². The number of hydrogen-bond donors (Lipinski definition) is 3. The van der Waals surface area contributed by atoms with Gasteiger partial charge in [-0.1, -0.05) is 100 Å². The Balaban J connectivity index is 1.54. The molecule has 1 saturated carbocycles. The molecule has 3 N–H and O–H groups in total. The van der Waals surface area contributed by atoms with Crippen molar-refractivity contribution >= 4 is 11.8 Å². The number of rotatable bonds is 6. The molecule has 1 aliphatic rings. The maximum atomic E-state index is 12.8. The zero-order chi connectivity index (χ0) is 23.3. The molecule has 5 nitrogen and oxygen atoms in total. The van der Waals surface area contributed by atoms with Gasteiger partial charge in [-0.15, -0.1) is 0 Å². The minimum atomic E-state index is -0.951. The molecule has 3 rings (SSSR count). The van der Waals surface area contributed by atoms with E-state index >= 15 is 0 Å². The number of carbonyl (C=O) groups is 2. The molecule has 2 amide bonds. The molecule has 0 heterocycles. The van der Waals surface area contributed by atoms with E-state index in [-0.39, 0.29) is 17.9 Å². The van der Waals surface area contributed by atoms with Gasteiger partial charge in [0.2, 0.25) is 5.91 Å². The maximum Gasteiger partial charge on any atom is 0.251 e. The largest absolute Gasteiger partial charge is 0.394 e. The van der Waals surface area contributed by atoms with Crippen molar-refractivity contribution in [3.8, 4) is 11.1 Å². The SMILES string of the molecule is O=C(NC(CO)C(=O)NC1CCCCCCCCCCC1)c1ccc(-c2ccccc2)cc1. The van der Waals surface area contributed by atoms with Gasteiger partial charge in [0.1, 0.15) is 6.04 Å². The van der Waals surface area contributed by atoms with E-state index < -0.39 is 12.6 Å². The molecule has 2 aromatic rings. The molecule has 0 radical (unpaired) electrons. The average molecular weight is 451 g/mol. The number of aliphatic hydroxyl groups is 1. The van der Waals surface area contributed by atoms with Crippen LogP contribution in [0.2, 0.25) is 0 Å². The lowest BCUT2D eigenvalue weighted by Gasteiger charge is -2.23. The highest BCUT2D eigenvalue weighted by molar-refractivity contribution is 5.98. The normalized spacial score (nSPS) is 17.2. The van der Waals surface area contributed by atoms with Gasteiger partial charge in [0.05, 0.1) is 6.61 Å². The standard InChI is InChI=1S/C28H38N2O3/c31-21-26(28(33)29-25-15-11-6-4-2-1-3-5-7-12-16-25)30-27(32)24-19-17-23(18-20-24)22-13-9-8-10-14-22/h8-10,13-14,17-20,25-26,31H,1-7,11-12,15-16,21H2,(H,29,33)(H,30,32). The summed E-state index contributed by atoms with van der Waals surface area (Å²) < 4.78 is 0. The zero-order valence-corrected chi connectivity index (χ0v) is 19.6. The van der Waals surface area contributed by atoms with E-state index in [4.69, 9.17) is 0 Å². The summed E-state index contributed by atoms with van der Waals surface area (Å²) >= 11 is 0. The van der Waals surface area contributed by atoms with E-state index in [1.54, 1.807) is 12.1 Å². The zero-order valence-electron chi connectivity index (χ0n) is 19.6. The third-order valence-corrected chi connectivity index (χ3v) is 6.51. The lowest BCUT2D eigenvalue weighted by molar-refractivity contribution is -0.124. The summed E-state index contributed by atoms with van der Waals surface area (Å²) in [7, 11) is 0. The molecule has 33 heavy (non-hydrogen) atoms. The molecule has 0 spiro atoms. The third kappa shape index (κ3) is 8.32. The molecule has 0 saturated heterocycles. The monoisotopic (exact) mass is 450 g/mol. The predicted molar refractivity (Wildman–Crippen MR) is 133 cm³/mol. The van der Waals surface area contributed by atoms with Crippen LogP contribution in [0.3, 0.4) is 0 Å². The molecule has 0 aromatic heterocycles. The van der Waals surface area contributed by atoms with Crippen LogP contribution in [0, 0.1) is 0 Å². The van der Waals surface area contributed by atoms with Gasteiger partial charge in [0.25, 0.3) is 5.91 Å². The third-order valence-electron chi connectivity index (χ3n) is 6.51. The number of nitrogens with one attached hydrogen (secondary N) is 2. The molecule has 1 atom stereocenters. The highest BCUT2D eigenvalue weighted by atomic mass is 16.3. The van der Waals surface area contributed by atoms with Crippen molar-refractivity contribution < 1.29 is 14.7 Å². The first-order valence-electron chi connectivity index (χ1n) is 12.5. The van der Waals surface area contributed by atoms with Gasteiger partial charge in [0.15, 0.2) is 0 Å². The summed E-state index contributed by atoms with van der Waals surface area (Å²) in [6.45, 7) is -0.424. The van der Waals surface area contributed by atoms with E-state index in [9.17, 15) is 14.7 Å². The molecule has 0 bridgehead atoms. The van der Waals surface area contributed by atoms with Crippen LogP contribution in [0.25, 0.3) is 11.1 Å². The lowest BCUT2D eigenvalue weighted by atomic mass is 9.97. The number of aliphatic hydroxyl groups excluding tert-OH is 1. The second-order valence-corrected chi connectivity index (χ2v) is 9.12. The second kappa shape index (κ2) is 13.8. The van der Waals surface area contributed by atoms with E-state index in [0.29, 0.717) is 5.56 Å². The van der Waals surface area contributed by atoms with Crippen LogP contribution in [0.1, 0.15) is 81.0 Å². The van der Waals surface area contributed by atoms with Crippen LogP contribution in [0.4, 0.5) is 0 Å². The van der Waals surface area contributed by atoms with Crippen molar-refractivity contribution in [2.75, 3.05) is 6.61 Å². The number of amides is 2. The highest BCUT2D eigenvalue weighted by Crippen LogP contribution is 2.20. The Morgan fingerprint density at radius 1 is 0.758 bits per heavy atom. The van der Waals surface area contributed by atoms with Crippen molar-refractivity contribution in [2.45, 2.75) is 82.7 Å². The van der Waals surface area contributed by atoms with Crippen molar-refractivity contribution in [1.29, 1.82) is 0 Å². The van der Waals surface area contributed by atoms with Crippen LogP contribution in [-0.4, -0.2) is 35.6 Å². The first-order valence-corrected chi connectivity index (χ1v) is 12.5. The van der Waals surface area contributed by atoms with E-state index in [2.05, 4.69) is 10.6 Å². The Kier molecular flexibility index (Phi) is 10.4. The summed E-state index contributed by atoms with van der Waals surface area (Å²) in [5, 5.41) is 15.6. The summed E-state index contributed by atoms with van der Waals surface area (Å²) in [6.07, 6.45) is 13.0. The Morgan fingerprint density at radius 3 is 1.82 bits per heavy atom. The van der Waals surface area contributed by atoms with Crippen LogP contribution < -0.4 is 10.6 Å². The molecule has 0 aliphatic heterocycles. The van der Waals surface area contributed by atoms with Crippen LogP contribution in [-0.2, 0) is 4.79 Å². The van der Waals surface area contributed by atoms with Gasteiger partial charge < -0.3 is 15.7 Å². The fraction of sp³-hybridized carbons (Fsp3) is 0.500. The molecular weight excluding hydrogens is 412 g/mol. The summed E-state index contributed by atoms with van der Waals surface area (Å²) in [6, 6.07) is 16.4.